The molecular weight excluding hydrogens is 1670 g/mol. The lowest BCUT2D eigenvalue weighted by atomic mass is 9.93. The Labute approximate surface area is 781 Å². The van der Waals surface area contributed by atoms with Gasteiger partial charge in [-0.1, -0.05) is 192 Å². The number of urea groups is 2. The van der Waals surface area contributed by atoms with Gasteiger partial charge in [-0.15, -0.1) is 0 Å². The predicted octanol–water partition coefficient (Wildman–Crippen LogP) is 20.4. The number of nitrogens with one attached hydrogen (secondary N) is 4. The van der Waals surface area contributed by atoms with E-state index in [0.717, 1.165) is 102 Å². The van der Waals surface area contributed by atoms with Gasteiger partial charge >= 0.3 is 29.4 Å². The summed E-state index contributed by atoms with van der Waals surface area (Å²) in [5.41, 5.74) is 17.6. The molecule has 0 fully saturated rings. The molecule has 1 aliphatic carbocycles. The summed E-state index contributed by atoms with van der Waals surface area (Å²) in [6.45, 7) is 57.2. The van der Waals surface area contributed by atoms with Crippen LogP contribution < -0.4 is 37.4 Å². The number of anilines is 1. The number of nitrogens with zero attached hydrogens (tertiary/aromatic N) is 15. The summed E-state index contributed by atoms with van der Waals surface area (Å²) in [6, 6.07) is 49.4. The number of imidazole rings is 2. The van der Waals surface area contributed by atoms with Gasteiger partial charge in [0.1, 0.15) is 23.3 Å². The van der Waals surface area contributed by atoms with Crippen molar-refractivity contribution >= 4 is 81.9 Å². The number of ketones is 1. The van der Waals surface area contributed by atoms with Crippen LogP contribution in [0.4, 0.5) is 21.4 Å². The van der Waals surface area contributed by atoms with Crippen LogP contribution in [0.2, 0.25) is 0 Å². The van der Waals surface area contributed by atoms with Crippen molar-refractivity contribution < 1.29 is 28.7 Å². The number of carbonyl (C=O) groups is 5. The zero-order valence-corrected chi connectivity index (χ0v) is 80.2. The monoisotopic (exact) mass is 1790 g/mol. The molecule has 694 valence electrons. The van der Waals surface area contributed by atoms with E-state index in [2.05, 4.69) is 143 Å². The van der Waals surface area contributed by atoms with E-state index in [0.29, 0.717) is 71.1 Å². The lowest BCUT2D eigenvalue weighted by molar-refractivity contribution is -0.143. The van der Waals surface area contributed by atoms with Crippen LogP contribution in [-0.2, 0) is 48.1 Å². The van der Waals surface area contributed by atoms with Crippen molar-refractivity contribution in [1.29, 1.82) is 0 Å². The minimum atomic E-state index is -0.554. The Kier molecular flexibility index (Phi) is 36.6. The van der Waals surface area contributed by atoms with Crippen LogP contribution in [0.3, 0.4) is 0 Å². The zero-order chi connectivity index (χ0) is 97.1. The molecule has 27 nitrogen and oxygen atoms in total. The Bertz CT molecular complexity index is 6210. The molecule has 11 aromatic rings. The molecule has 0 spiro atoms. The summed E-state index contributed by atoms with van der Waals surface area (Å²) in [6.07, 6.45) is 23.2. The maximum absolute atomic E-state index is 12.7. The van der Waals surface area contributed by atoms with E-state index in [1.165, 1.54) is 6.33 Å². The fourth-order valence-corrected chi connectivity index (χ4v) is 13.8. The van der Waals surface area contributed by atoms with Gasteiger partial charge in [0.15, 0.2) is 17.2 Å². The van der Waals surface area contributed by atoms with Gasteiger partial charge < -0.3 is 29.8 Å². The number of rotatable bonds is 23. The molecule has 6 aromatic heterocycles. The molecule has 4 aliphatic rings. The number of carbonyl (C=O) groups excluding carboxylic acids is 5. The number of aliphatic imine (C=N–C) groups is 1. The molecule has 3 aliphatic heterocycles. The first kappa shape index (κ1) is 102. The molecule has 133 heavy (non-hydrogen) atoms. The third kappa shape index (κ3) is 29.1. The van der Waals surface area contributed by atoms with Crippen molar-refractivity contribution in [3.05, 3.63) is 352 Å². The minimum Gasteiger partial charge on any atom is -0.426 e. The van der Waals surface area contributed by atoms with Crippen molar-refractivity contribution in [2.24, 2.45) is 16.3 Å². The van der Waals surface area contributed by atoms with Gasteiger partial charge in [0.05, 0.1) is 71.4 Å². The van der Waals surface area contributed by atoms with Crippen molar-refractivity contribution in [1.82, 2.24) is 83.9 Å². The van der Waals surface area contributed by atoms with Crippen LogP contribution in [0, 0.1) is 18.3 Å². The van der Waals surface area contributed by atoms with Gasteiger partial charge in [0, 0.05) is 102 Å². The first-order valence-corrected chi connectivity index (χ1v) is 44.8. The summed E-state index contributed by atoms with van der Waals surface area (Å²) < 4.78 is 12.8. The summed E-state index contributed by atoms with van der Waals surface area (Å²) in [5, 5.41) is 11.1. The van der Waals surface area contributed by atoms with Gasteiger partial charge in [-0.05, 0) is 205 Å². The number of Topliss-reactive ketones (excluding diaryl/α,β-unsaturated/α-hetero) is 1. The number of aromatic nitrogens is 12. The highest BCUT2D eigenvalue weighted by Crippen LogP contribution is 2.37. The summed E-state index contributed by atoms with van der Waals surface area (Å²) >= 11 is 0. The van der Waals surface area contributed by atoms with E-state index < -0.39 is 5.41 Å². The van der Waals surface area contributed by atoms with Gasteiger partial charge in [0.25, 0.3) is 0 Å². The SMILES string of the molecule is C=C(Cc1ccn(C(C)C)c(=O)n1)c1ccccc1.C=C(Cc1nc(=O)n(C(C)C)cc1C)c1ccccc1.C=C1C=CN(C(C)C)C(=O)N1.C=C1NC(=O)N(C(C)C)C=C1C.C=C1NC=Nc2c1ncn2C(C)C.CC(C)C1C=Cc2c(CCc3ccc(OC(=O)C(C)(C)C)cc3)nc(NC(=O)Cc3ccccc3)nc21.CC(C)n1cnc2c(CC(=O)c3ccccc3)ncnc21. The second kappa shape index (κ2) is 47.7. The third-order valence-electron chi connectivity index (χ3n) is 21.6. The Morgan fingerprint density at radius 1 is 0.526 bits per heavy atom. The van der Waals surface area contributed by atoms with E-state index in [-0.39, 0.29) is 90.1 Å². The van der Waals surface area contributed by atoms with E-state index in [9.17, 15) is 33.6 Å². The number of aryl methyl sites for hydroxylation is 3. The van der Waals surface area contributed by atoms with Crippen LogP contribution in [0.15, 0.2) is 272 Å². The third-order valence-corrected chi connectivity index (χ3v) is 21.6. The molecule has 0 bridgehead atoms. The lowest BCUT2D eigenvalue weighted by Crippen LogP contribution is -2.43. The molecule has 1 unspecified atom stereocenters. The first-order chi connectivity index (χ1) is 63.1. The number of hydrogen-bond acceptors (Lipinski definition) is 18. The molecule has 0 radical (unpaired) electrons. The number of benzene rings is 5. The zero-order valence-electron chi connectivity index (χ0n) is 80.2. The second-order valence-electron chi connectivity index (χ2n) is 35.6. The van der Waals surface area contributed by atoms with Gasteiger partial charge in [-0.3, -0.25) is 38.6 Å². The van der Waals surface area contributed by atoms with Crippen LogP contribution in [0.25, 0.3) is 34.1 Å². The van der Waals surface area contributed by atoms with Crippen molar-refractivity contribution in [3.8, 4) is 5.75 Å². The van der Waals surface area contributed by atoms with E-state index in [1.807, 2.05) is 263 Å². The molecule has 0 saturated carbocycles. The highest BCUT2D eigenvalue weighted by atomic mass is 16.5. The number of ether oxygens (including phenoxy) is 1. The van der Waals surface area contributed by atoms with Crippen molar-refractivity contribution in [3.63, 3.8) is 0 Å². The average Bonchev–Trinajstić information content (AvgIpc) is 1.64. The maximum Gasteiger partial charge on any atom is 0.348 e. The van der Waals surface area contributed by atoms with Gasteiger partial charge in [0.2, 0.25) is 11.9 Å². The molecule has 1 atom stereocenters. The number of amides is 5. The molecule has 5 aromatic carbocycles. The number of esters is 1. The Hall–Kier alpha value is -14.8. The summed E-state index contributed by atoms with van der Waals surface area (Å²) in [7, 11) is 0. The lowest BCUT2D eigenvalue weighted by Gasteiger charge is -2.28. The number of fused-ring (bicyclic) bond motifs is 3. The van der Waals surface area contributed by atoms with Crippen LogP contribution >= 0.6 is 0 Å². The summed E-state index contributed by atoms with van der Waals surface area (Å²) in [4.78, 5) is 126. The molecule has 15 rings (SSSR count). The van der Waals surface area contributed by atoms with Crippen LogP contribution in [-0.4, -0.2) is 116 Å². The van der Waals surface area contributed by atoms with E-state index >= 15 is 0 Å². The number of hydrogen-bond donors (Lipinski definition) is 4. The Morgan fingerprint density at radius 2 is 1.09 bits per heavy atom. The predicted molar refractivity (Wildman–Crippen MR) is 533 cm³/mol. The van der Waals surface area contributed by atoms with Crippen molar-refractivity contribution in [2.75, 3.05) is 5.32 Å². The number of allylic oxidation sites excluding steroid dienone is 5. The molecular formula is C106H127N19O8. The highest BCUT2D eigenvalue weighted by Gasteiger charge is 2.29. The van der Waals surface area contributed by atoms with E-state index in [1.54, 1.807) is 56.4 Å². The normalized spacial score (nSPS) is 13.4. The van der Waals surface area contributed by atoms with E-state index in [4.69, 9.17) is 14.7 Å². The minimum absolute atomic E-state index is 0.0368. The standard InChI is InChI=1S/C31H35N3O3.C17H20N2O.C16H16N4O.C16H18N2O.C9H12N4.C9H14N2O.C8H12N2O/c1-20(2)24-16-17-25-26(18-13-21-11-14-23(15-12-21)37-29(36)31(3,4)5)32-30(34-28(24)25)33-27(35)19-22-9-7-6-8-10-22;1-12(2)19-11-14(4)16(18-17(19)20)10-13(3)15-8-6-5-7-9-15;1-11(2)20-10-19-15-13(17-9-18-16(15)20)8-14(21)12-6-4-3-5-7-12;1-12(2)18-10-9-15(17-16(18)19)11-13(3)14-7-5-4-6-8-14;1-6(2)13-5-12-8-7(3)10-4-11-9(8)13;1-6(2)11-5-7(3)8(4)10-9(11)12;1-6(2)10-5-4-7(3)9-8(10)11/h6-12,14-17,20,24H,13,18-19H2,1-5H3,(H,32,33,34,35);5-9,11-12H,3,10H2,1-2,4H3;3-7,9-11H,8H2,1-2H3;4-10,12H,3,11H2,1-2H3;4-6H,3H2,1-2H3,(H,10,11);5-6H,4H2,1-3H3,(H,10,12);4-6H,3H2,1-2H3,(H,9,11). The fraction of sp³-hybridized carbons (Fsp3) is 0.321. The first-order valence-electron chi connectivity index (χ1n) is 44.8. The van der Waals surface area contributed by atoms with Crippen LogP contribution in [0.1, 0.15) is 233 Å². The molecule has 5 amide bonds. The molecule has 4 N–H and O–H groups in total. The fourth-order valence-electron chi connectivity index (χ4n) is 13.8. The average molecular weight is 1800 g/mol. The highest BCUT2D eigenvalue weighted by molar-refractivity contribution is 5.98. The quantitative estimate of drug-likeness (QED) is 0.0263. The smallest absolute Gasteiger partial charge is 0.348 e. The maximum atomic E-state index is 12.7. The Morgan fingerprint density at radius 3 is 1.65 bits per heavy atom. The molecule has 27 heteroatoms. The van der Waals surface area contributed by atoms with Crippen LogP contribution in [0.5, 0.6) is 5.75 Å². The van der Waals surface area contributed by atoms with Crippen molar-refractivity contribution in [2.45, 2.75) is 212 Å². The van der Waals surface area contributed by atoms with Gasteiger partial charge in [-0.2, -0.15) is 9.97 Å². The molecule has 0 saturated heterocycles. The largest absolute Gasteiger partial charge is 0.426 e. The summed E-state index contributed by atoms with van der Waals surface area (Å²) in [5.74, 6) is 2.00. The van der Waals surface area contributed by atoms with Gasteiger partial charge in [-0.25, -0.2) is 54.1 Å². The second-order valence-corrected chi connectivity index (χ2v) is 35.6. The topological polar surface area (TPSA) is 319 Å². The Balaban J connectivity index is 0.000000182. The molecule has 9 heterocycles.